The van der Waals surface area contributed by atoms with E-state index in [0.717, 1.165) is 32.1 Å². The molecule has 4 heteroatoms. The van der Waals surface area contributed by atoms with Crippen LogP contribution in [0.25, 0.3) is 0 Å². The molecule has 2 N–H and O–H groups in total. The Labute approximate surface area is 126 Å². The van der Waals surface area contributed by atoms with E-state index in [2.05, 4.69) is 15.9 Å². The molecule has 0 radical (unpaired) electrons. The normalized spacial score (nSPS) is 12.3. The van der Waals surface area contributed by atoms with Gasteiger partial charge in [0.2, 0.25) is 0 Å². The van der Waals surface area contributed by atoms with Gasteiger partial charge in [0.05, 0.1) is 4.47 Å². The summed E-state index contributed by atoms with van der Waals surface area (Å²) in [6.45, 7) is 3.90. The molecule has 0 aliphatic rings. The van der Waals surface area contributed by atoms with Gasteiger partial charge in [-0.1, -0.05) is 17.7 Å². The van der Waals surface area contributed by atoms with Crippen molar-refractivity contribution in [1.29, 1.82) is 0 Å². The summed E-state index contributed by atoms with van der Waals surface area (Å²) in [5.41, 5.74) is 7.90. The second-order valence-corrected chi connectivity index (χ2v) is 5.75. The minimum Gasteiger partial charge on any atom is -0.456 e. The van der Waals surface area contributed by atoms with Crippen LogP contribution in [0.1, 0.15) is 24.1 Å². The van der Waals surface area contributed by atoms with Crippen molar-refractivity contribution in [3.63, 3.8) is 0 Å². The number of nitrogens with two attached hydrogens (primary N) is 1. The summed E-state index contributed by atoms with van der Waals surface area (Å²) in [4.78, 5) is 0. The van der Waals surface area contributed by atoms with E-state index in [1.807, 2.05) is 50.2 Å². The molecule has 0 spiro atoms. The van der Waals surface area contributed by atoms with Gasteiger partial charge in [0.15, 0.2) is 0 Å². The summed E-state index contributed by atoms with van der Waals surface area (Å²) in [6, 6.07) is 11.4. The van der Waals surface area contributed by atoms with Gasteiger partial charge < -0.3 is 10.5 Å². The van der Waals surface area contributed by atoms with Crippen molar-refractivity contribution in [3.05, 3.63) is 57.0 Å². The molecule has 0 bridgehead atoms. The lowest BCUT2D eigenvalue weighted by Crippen LogP contribution is -2.04. The first-order valence-corrected chi connectivity index (χ1v) is 7.13. The van der Waals surface area contributed by atoms with Crippen LogP contribution in [0, 0.1) is 6.92 Å². The SMILES string of the molecule is Cc1cc(Oc2ccc([C@H](C)N)cc2Br)ccc1Cl. The molecule has 2 aromatic carbocycles. The van der Waals surface area contributed by atoms with Crippen LogP contribution in [0.5, 0.6) is 11.5 Å². The third-order valence-electron chi connectivity index (χ3n) is 2.84. The minimum atomic E-state index is 0.00289. The fourth-order valence-electron chi connectivity index (χ4n) is 1.69. The predicted octanol–water partition coefficient (Wildman–Crippen LogP) is 5.22. The number of rotatable bonds is 3. The van der Waals surface area contributed by atoms with E-state index >= 15 is 0 Å². The van der Waals surface area contributed by atoms with E-state index in [1.165, 1.54) is 0 Å². The molecule has 2 aromatic rings. The van der Waals surface area contributed by atoms with Crippen LogP contribution < -0.4 is 10.5 Å². The van der Waals surface area contributed by atoms with Crippen molar-refractivity contribution in [2.24, 2.45) is 5.73 Å². The average Bonchev–Trinajstić information content (AvgIpc) is 2.36. The van der Waals surface area contributed by atoms with Crippen molar-refractivity contribution >= 4 is 27.5 Å². The first-order chi connectivity index (χ1) is 8.97. The van der Waals surface area contributed by atoms with Gasteiger partial charge in [0, 0.05) is 11.1 Å². The van der Waals surface area contributed by atoms with Gasteiger partial charge in [-0.25, -0.2) is 0 Å². The molecule has 0 heterocycles. The Bertz CT molecular complexity index is 599. The molecule has 0 aliphatic carbocycles. The van der Waals surface area contributed by atoms with Gasteiger partial charge in [-0.05, 0) is 71.2 Å². The van der Waals surface area contributed by atoms with Crippen LogP contribution in [0.2, 0.25) is 5.02 Å². The topological polar surface area (TPSA) is 35.2 Å². The molecule has 0 amide bonds. The molecule has 2 nitrogen and oxygen atoms in total. The lowest BCUT2D eigenvalue weighted by atomic mass is 10.1. The lowest BCUT2D eigenvalue weighted by molar-refractivity contribution is 0.479. The fourth-order valence-corrected chi connectivity index (χ4v) is 2.29. The summed E-state index contributed by atoms with van der Waals surface area (Å²) in [5, 5.41) is 0.735. The predicted molar refractivity (Wildman–Crippen MR) is 83.0 cm³/mol. The molecule has 0 aliphatic heterocycles. The Morgan fingerprint density at radius 3 is 2.53 bits per heavy atom. The highest BCUT2D eigenvalue weighted by molar-refractivity contribution is 9.10. The number of hydrogen-bond acceptors (Lipinski definition) is 2. The van der Waals surface area contributed by atoms with Crippen LogP contribution in [0.4, 0.5) is 0 Å². The van der Waals surface area contributed by atoms with Gasteiger partial charge in [-0.15, -0.1) is 0 Å². The average molecular weight is 341 g/mol. The molecule has 0 saturated heterocycles. The Balaban J connectivity index is 2.25. The number of hydrogen-bond donors (Lipinski definition) is 1. The first-order valence-electron chi connectivity index (χ1n) is 5.96. The molecule has 19 heavy (non-hydrogen) atoms. The molecule has 0 aromatic heterocycles. The van der Waals surface area contributed by atoms with E-state index in [9.17, 15) is 0 Å². The van der Waals surface area contributed by atoms with Crippen LogP contribution in [0.15, 0.2) is 40.9 Å². The number of ether oxygens (including phenoxy) is 1. The summed E-state index contributed by atoms with van der Waals surface area (Å²) >= 11 is 9.49. The monoisotopic (exact) mass is 339 g/mol. The molecule has 0 fully saturated rings. The van der Waals surface area contributed by atoms with Crippen molar-refractivity contribution in [3.8, 4) is 11.5 Å². The van der Waals surface area contributed by atoms with Crippen molar-refractivity contribution in [2.75, 3.05) is 0 Å². The van der Waals surface area contributed by atoms with Gasteiger partial charge in [0.25, 0.3) is 0 Å². The van der Waals surface area contributed by atoms with E-state index in [1.54, 1.807) is 0 Å². The van der Waals surface area contributed by atoms with E-state index in [0.29, 0.717) is 0 Å². The third kappa shape index (κ3) is 3.50. The number of halogens is 2. The van der Waals surface area contributed by atoms with Gasteiger partial charge in [0.1, 0.15) is 11.5 Å². The number of benzene rings is 2. The maximum Gasteiger partial charge on any atom is 0.141 e. The Hall–Kier alpha value is -1.03. The van der Waals surface area contributed by atoms with Crippen molar-refractivity contribution < 1.29 is 4.74 Å². The summed E-state index contributed by atoms with van der Waals surface area (Å²) in [6.07, 6.45) is 0. The zero-order chi connectivity index (χ0) is 14.0. The van der Waals surface area contributed by atoms with Crippen LogP contribution in [-0.2, 0) is 0 Å². The number of aryl methyl sites for hydroxylation is 1. The summed E-state index contributed by atoms with van der Waals surface area (Å²) in [7, 11) is 0. The van der Waals surface area contributed by atoms with E-state index < -0.39 is 0 Å². The maximum atomic E-state index is 5.99. The quantitative estimate of drug-likeness (QED) is 0.831. The molecular formula is C15H15BrClNO. The van der Waals surface area contributed by atoms with Crippen LogP contribution in [-0.4, -0.2) is 0 Å². The minimum absolute atomic E-state index is 0.00289. The standard InChI is InChI=1S/C15H15BrClNO/c1-9-7-12(4-5-14(9)17)19-15-6-3-11(10(2)18)8-13(15)16/h3-8,10H,18H2,1-2H3/t10-/m0/s1. The molecular weight excluding hydrogens is 326 g/mol. The zero-order valence-electron chi connectivity index (χ0n) is 10.8. The van der Waals surface area contributed by atoms with Gasteiger partial charge in [-0.2, -0.15) is 0 Å². The Morgan fingerprint density at radius 1 is 1.21 bits per heavy atom. The summed E-state index contributed by atoms with van der Waals surface area (Å²) in [5.74, 6) is 1.52. The second-order valence-electron chi connectivity index (χ2n) is 4.49. The fraction of sp³-hybridized carbons (Fsp3) is 0.200. The van der Waals surface area contributed by atoms with Gasteiger partial charge >= 0.3 is 0 Å². The highest BCUT2D eigenvalue weighted by Crippen LogP contribution is 2.32. The smallest absolute Gasteiger partial charge is 0.141 e. The Morgan fingerprint density at radius 2 is 1.95 bits per heavy atom. The highest BCUT2D eigenvalue weighted by Gasteiger charge is 2.07. The molecule has 2 rings (SSSR count). The maximum absolute atomic E-state index is 5.99. The largest absolute Gasteiger partial charge is 0.456 e. The van der Waals surface area contributed by atoms with Crippen molar-refractivity contribution in [1.82, 2.24) is 0 Å². The van der Waals surface area contributed by atoms with Gasteiger partial charge in [-0.3, -0.25) is 0 Å². The van der Waals surface area contributed by atoms with Crippen molar-refractivity contribution in [2.45, 2.75) is 19.9 Å². The molecule has 0 saturated carbocycles. The Kier molecular flexibility index (Phi) is 4.50. The van der Waals surface area contributed by atoms with E-state index in [-0.39, 0.29) is 6.04 Å². The second kappa shape index (κ2) is 5.95. The lowest BCUT2D eigenvalue weighted by Gasteiger charge is -2.12. The van der Waals surface area contributed by atoms with E-state index in [4.69, 9.17) is 22.1 Å². The molecule has 100 valence electrons. The summed E-state index contributed by atoms with van der Waals surface area (Å²) < 4.78 is 6.72. The van der Waals surface area contributed by atoms with Crippen LogP contribution >= 0.6 is 27.5 Å². The van der Waals surface area contributed by atoms with Crippen LogP contribution in [0.3, 0.4) is 0 Å². The third-order valence-corrected chi connectivity index (χ3v) is 3.88. The first kappa shape index (κ1) is 14.4. The molecule has 0 unspecified atom stereocenters. The highest BCUT2D eigenvalue weighted by atomic mass is 79.9. The molecule has 1 atom stereocenters. The zero-order valence-corrected chi connectivity index (χ0v) is 13.1.